The van der Waals surface area contributed by atoms with Gasteiger partial charge < -0.3 is 15.1 Å². The van der Waals surface area contributed by atoms with Gasteiger partial charge in [-0.1, -0.05) is 6.92 Å². The van der Waals surface area contributed by atoms with Crippen molar-refractivity contribution in [1.82, 2.24) is 15.1 Å². The second-order valence-corrected chi connectivity index (χ2v) is 7.06. The molecule has 3 atom stereocenters. The van der Waals surface area contributed by atoms with Crippen molar-refractivity contribution < 1.29 is 9.59 Å². The highest BCUT2D eigenvalue weighted by Gasteiger charge is 2.37. The van der Waals surface area contributed by atoms with Gasteiger partial charge in [0.15, 0.2) is 0 Å². The smallest absolute Gasteiger partial charge is 0.245 e. The number of nitrogens with zero attached hydrogens (tertiary/aromatic N) is 2. The van der Waals surface area contributed by atoms with E-state index >= 15 is 0 Å². The molecule has 3 aliphatic rings. The molecule has 0 spiro atoms. The standard InChI is InChI=1S/C17H29N3O2.ClH/c1-2-5-16(21)20-10-4-3-6-15(20)17(22)19-11-9-13-7-8-14(12-19)18-13;/h13-15,18H,2-12H2,1H3;1H. The molecule has 3 rings (SSSR count). The van der Waals surface area contributed by atoms with E-state index in [0.29, 0.717) is 18.5 Å². The van der Waals surface area contributed by atoms with Gasteiger partial charge in [-0.3, -0.25) is 9.59 Å². The van der Waals surface area contributed by atoms with E-state index in [4.69, 9.17) is 0 Å². The predicted octanol–water partition coefficient (Wildman–Crippen LogP) is 1.94. The van der Waals surface area contributed by atoms with Crippen molar-refractivity contribution in [2.75, 3.05) is 19.6 Å². The van der Waals surface area contributed by atoms with Gasteiger partial charge in [-0.25, -0.2) is 0 Å². The van der Waals surface area contributed by atoms with Crippen LogP contribution >= 0.6 is 12.4 Å². The number of likely N-dealkylation sites (tertiary alicyclic amines) is 2. The van der Waals surface area contributed by atoms with E-state index in [0.717, 1.165) is 51.7 Å². The Balaban J connectivity index is 0.00000192. The van der Waals surface area contributed by atoms with Gasteiger partial charge in [0.2, 0.25) is 11.8 Å². The Morgan fingerprint density at radius 3 is 2.61 bits per heavy atom. The fraction of sp³-hybridized carbons (Fsp3) is 0.882. The van der Waals surface area contributed by atoms with E-state index in [9.17, 15) is 9.59 Å². The van der Waals surface area contributed by atoms with E-state index in [1.807, 2.05) is 16.7 Å². The third-order valence-electron chi connectivity index (χ3n) is 5.41. The van der Waals surface area contributed by atoms with E-state index < -0.39 is 0 Å². The van der Waals surface area contributed by atoms with Gasteiger partial charge in [-0.2, -0.15) is 0 Å². The van der Waals surface area contributed by atoms with Gasteiger partial charge in [0, 0.05) is 38.1 Å². The van der Waals surface area contributed by atoms with Crippen LogP contribution < -0.4 is 5.32 Å². The fourth-order valence-corrected chi connectivity index (χ4v) is 4.20. The first-order chi connectivity index (χ1) is 10.7. The highest BCUT2D eigenvalue weighted by atomic mass is 35.5. The molecule has 0 saturated carbocycles. The summed E-state index contributed by atoms with van der Waals surface area (Å²) in [7, 11) is 0. The van der Waals surface area contributed by atoms with Crippen LogP contribution in [0.2, 0.25) is 0 Å². The minimum Gasteiger partial charge on any atom is -0.339 e. The number of rotatable bonds is 3. The molecular formula is C17H30ClN3O2. The van der Waals surface area contributed by atoms with Gasteiger partial charge in [0.25, 0.3) is 0 Å². The zero-order valence-corrected chi connectivity index (χ0v) is 14.9. The minimum atomic E-state index is -0.204. The Labute approximate surface area is 145 Å². The first-order valence-electron chi connectivity index (χ1n) is 9.03. The number of nitrogens with one attached hydrogen (secondary N) is 1. The van der Waals surface area contributed by atoms with Crippen molar-refractivity contribution >= 4 is 24.2 Å². The average molecular weight is 344 g/mol. The molecule has 3 aliphatic heterocycles. The molecule has 3 saturated heterocycles. The van der Waals surface area contributed by atoms with Crippen molar-refractivity contribution in [2.45, 2.75) is 76.4 Å². The molecule has 23 heavy (non-hydrogen) atoms. The number of halogens is 1. The molecule has 2 amide bonds. The van der Waals surface area contributed by atoms with Gasteiger partial charge in [0.05, 0.1) is 0 Å². The summed E-state index contributed by atoms with van der Waals surface area (Å²) in [5.41, 5.74) is 0. The quantitative estimate of drug-likeness (QED) is 0.852. The first-order valence-corrected chi connectivity index (χ1v) is 9.03. The summed E-state index contributed by atoms with van der Waals surface area (Å²) < 4.78 is 0. The van der Waals surface area contributed by atoms with E-state index in [1.54, 1.807) is 0 Å². The fourth-order valence-electron chi connectivity index (χ4n) is 4.20. The summed E-state index contributed by atoms with van der Waals surface area (Å²) in [5, 5.41) is 3.62. The number of fused-ring (bicyclic) bond motifs is 2. The van der Waals surface area contributed by atoms with Crippen LogP contribution in [0, 0.1) is 0 Å². The Hall–Kier alpha value is -0.810. The number of hydrogen-bond acceptors (Lipinski definition) is 3. The van der Waals surface area contributed by atoms with Crippen molar-refractivity contribution in [1.29, 1.82) is 0 Å². The van der Waals surface area contributed by atoms with Gasteiger partial charge in [-0.05, 0) is 44.9 Å². The van der Waals surface area contributed by atoms with Crippen molar-refractivity contribution in [2.24, 2.45) is 0 Å². The molecule has 1 N–H and O–H groups in total. The van der Waals surface area contributed by atoms with Gasteiger partial charge in [0.1, 0.15) is 6.04 Å². The summed E-state index contributed by atoms with van der Waals surface area (Å²) in [6, 6.07) is 0.844. The molecule has 0 radical (unpaired) electrons. The summed E-state index contributed by atoms with van der Waals surface area (Å²) in [6.07, 6.45) is 7.83. The zero-order valence-electron chi connectivity index (χ0n) is 14.1. The molecule has 3 fully saturated rings. The molecule has 6 heteroatoms. The average Bonchev–Trinajstić information content (AvgIpc) is 2.86. The topological polar surface area (TPSA) is 52.7 Å². The highest BCUT2D eigenvalue weighted by molar-refractivity contribution is 5.88. The molecule has 5 nitrogen and oxygen atoms in total. The predicted molar refractivity (Wildman–Crippen MR) is 92.7 cm³/mol. The third kappa shape index (κ3) is 4.18. The van der Waals surface area contributed by atoms with Crippen LogP contribution in [0.3, 0.4) is 0 Å². The monoisotopic (exact) mass is 343 g/mol. The zero-order chi connectivity index (χ0) is 15.5. The summed E-state index contributed by atoms with van der Waals surface area (Å²) >= 11 is 0. The van der Waals surface area contributed by atoms with Crippen molar-refractivity contribution in [3.05, 3.63) is 0 Å². The number of amides is 2. The summed E-state index contributed by atoms with van der Waals surface area (Å²) in [6.45, 7) is 4.45. The normalized spacial score (nSPS) is 30.6. The molecule has 3 heterocycles. The number of hydrogen-bond donors (Lipinski definition) is 1. The number of carbonyl (C=O) groups is 2. The number of carbonyl (C=O) groups excluding carboxylic acids is 2. The maximum atomic E-state index is 13.0. The van der Waals surface area contributed by atoms with E-state index in [2.05, 4.69) is 5.32 Å². The molecule has 3 unspecified atom stereocenters. The lowest BCUT2D eigenvalue weighted by atomic mass is 9.99. The minimum absolute atomic E-state index is 0. The maximum Gasteiger partial charge on any atom is 0.245 e. The first kappa shape index (κ1) is 18.5. The lowest BCUT2D eigenvalue weighted by Gasteiger charge is -2.38. The van der Waals surface area contributed by atoms with Crippen LogP contribution in [-0.4, -0.2) is 59.4 Å². The Bertz CT molecular complexity index is 432. The van der Waals surface area contributed by atoms with Crippen LogP contribution in [0.15, 0.2) is 0 Å². The number of piperidine rings is 1. The van der Waals surface area contributed by atoms with Crippen LogP contribution in [0.25, 0.3) is 0 Å². The van der Waals surface area contributed by atoms with Gasteiger partial charge >= 0.3 is 0 Å². The SMILES string of the molecule is CCCC(=O)N1CCCCC1C(=O)N1CCC2CCC(C1)N2.Cl. The molecule has 0 aromatic carbocycles. The van der Waals surface area contributed by atoms with Crippen LogP contribution in [0.4, 0.5) is 0 Å². The summed E-state index contributed by atoms with van der Waals surface area (Å²) in [4.78, 5) is 29.2. The largest absolute Gasteiger partial charge is 0.339 e. The Morgan fingerprint density at radius 2 is 1.83 bits per heavy atom. The molecule has 2 bridgehead atoms. The van der Waals surface area contributed by atoms with E-state index in [-0.39, 0.29) is 30.3 Å². The third-order valence-corrected chi connectivity index (χ3v) is 5.41. The second-order valence-electron chi connectivity index (χ2n) is 7.06. The lowest BCUT2D eigenvalue weighted by Crippen LogP contribution is -2.54. The molecule has 0 aliphatic carbocycles. The molecule has 0 aromatic rings. The van der Waals surface area contributed by atoms with Crippen molar-refractivity contribution in [3.8, 4) is 0 Å². The Kier molecular flexibility index (Phi) is 6.72. The highest BCUT2D eigenvalue weighted by Crippen LogP contribution is 2.24. The molecular weight excluding hydrogens is 314 g/mol. The Morgan fingerprint density at radius 1 is 1.04 bits per heavy atom. The molecule has 132 valence electrons. The summed E-state index contributed by atoms with van der Waals surface area (Å²) in [5.74, 6) is 0.355. The van der Waals surface area contributed by atoms with Gasteiger partial charge in [-0.15, -0.1) is 12.4 Å². The second kappa shape index (κ2) is 8.34. The van der Waals surface area contributed by atoms with Crippen molar-refractivity contribution in [3.63, 3.8) is 0 Å². The van der Waals surface area contributed by atoms with Crippen LogP contribution in [0.1, 0.15) is 58.3 Å². The lowest BCUT2D eigenvalue weighted by molar-refractivity contribution is -0.147. The maximum absolute atomic E-state index is 13.0. The van der Waals surface area contributed by atoms with E-state index in [1.165, 1.54) is 12.8 Å². The molecule has 0 aromatic heterocycles. The van der Waals surface area contributed by atoms with Crippen LogP contribution in [-0.2, 0) is 9.59 Å². The van der Waals surface area contributed by atoms with Crippen LogP contribution in [0.5, 0.6) is 0 Å².